The Balaban J connectivity index is 2.51. The van der Waals surface area contributed by atoms with Gasteiger partial charge in [-0.1, -0.05) is 12.1 Å². The number of nitro groups is 1. The van der Waals surface area contributed by atoms with E-state index in [4.69, 9.17) is 4.74 Å². The molecule has 0 unspecified atom stereocenters. The van der Waals surface area contributed by atoms with Gasteiger partial charge in [0.1, 0.15) is 6.33 Å². The fourth-order valence-corrected chi connectivity index (χ4v) is 2.72. The van der Waals surface area contributed by atoms with Crippen LogP contribution in [0.4, 0.5) is 5.69 Å². The van der Waals surface area contributed by atoms with E-state index in [9.17, 15) is 18.5 Å². The molecule has 9 nitrogen and oxygen atoms in total. The highest BCUT2D eigenvalue weighted by Gasteiger charge is 2.19. The molecule has 0 aliphatic carbocycles. The molecule has 0 saturated heterocycles. The molecule has 1 aromatic heterocycles. The predicted molar refractivity (Wildman–Crippen MR) is 87.4 cm³/mol. The van der Waals surface area contributed by atoms with Crippen molar-refractivity contribution in [1.82, 2.24) is 13.3 Å². The number of nitro benzene ring substituents is 1. The predicted octanol–water partition coefficient (Wildman–Crippen LogP) is 1.48. The summed E-state index contributed by atoms with van der Waals surface area (Å²) in [6, 6.07) is 5.91. The van der Waals surface area contributed by atoms with Gasteiger partial charge in [0.2, 0.25) is 0 Å². The van der Waals surface area contributed by atoms with Gasteiger partial charge in [-0.05, 0) is 5.56 Å². The lowest BCUT2D eigenvalue weighted by Crippen LogP contribution is -2.27. The highest BCUT2D eigenvalue weighted by Crippen LogP contribution is 2.25. The van der Waals surface area contributed by atoms with Crippen LogP contribution in [0, 0.1) is 10.1 Å². The lowest BCUT2D eigenvalue weighted by Gasteiger charge is -2.11. The molecule has 0 aliphatic heterocycles. The summed E-state index contributed by atoms with van der Waals surface area (Å²) in [7, 11) is 0.533. The maximum absolute atomic E-state index is 12.1. The number of nitrogens with zero attached hydrogens (tertiary/aromatic N) is 4. The van der Waals surface area contributed by atoms with E-state index in [1.54, 1.807) is 6.07 Å². The van der Waals surface area contributed by atoms with Crippen LogP contribution in [-0.2, 0) is 14.9 Å². The van der Waals surface area contributed by atoms with Gasteiger partial charge in [0, 0.05) is 38.0 Å². The van der Waals surface area contributed by atoms with Crippen molar-refractivity contribution in [2.24, 2.45) is 0 Å². The molecule has 0 bridgehead atoms. The minimum Gasteiger partial charge on any atom is -0.504 e. The van der Waals surface area contributed by atoms with Crippen LogP contribution in [0.25, 0.3) is 5.57 Å². The molecule has 0 amide bonds. The minimum atomic E-state index is -3.70. The number of rotatable bonds is 6. The Morgan fingerprint density at radius 2 is 2.12 bits per heavy atom. The minimum absolute atomic E-state index is 0.0881. The largest absolute Gasteiger partial charge is 0.504 e. The highest BCUT2D eigenvalue weighted by atomic mass is 32.2. The number of benzene rings is 1. The van der Waals surface area contributed by atoms with Crippen LogP contribution in [0.1, 0.15) is 11.3 Å². The average molecular weight is 352 g/mol. The maximum Gasteiger partial charge on any atom is 0.308 e. The lowest BCUT2D eigenvalue weighted by molar-refractivity contribution is -0.384. The first-order valence-electron chi connectivity index (χ1n) is 6.72. The summed E-state index contributed by atoms with van der Waals surface area (Å²) < 4.78 is 31.3. The van der Waals surface area contributed by atoms with Crippen molar-refractivity contribution in [3.63, 3.8) is 0 Å². The molecule has 0 radical (unpaired) electrons. The summed E-state index contributed by atoms with van der Waals surface area (Å²) in [5.41, 5.74) is 1.13. The number of methoxy groups -OCH3 is 1. The van der Waals surface area contributed by atoms with Gasteiger partial charge < -0.3 is 4.74 Å². The van der Waals surface area contributed by atoms with E-state index in [0.29, 0.717) is 16.8 Å². The Labute approximate surface area is 139 Å². The smallest absolute Gasteiger partial charge is 0.308 e. The first kappa shape index (κ1) is 17.6. The third-order valence-electron chi connectivity index (χ3n) is 3.17. The SMILES string of the molecule is CO/C=C(\c1cccc([N+](=O)[O-])c1)c1cn(S(=O)(=O)N(C)C)cn1. The average Bonchev–Trinajstić information content (AvgIpc) is 3.02. The van der Waals surface area contributed by atoms with Gasteiger partial charge in [0.15, 0.2) is 0 Å². The first-order valence-corrected chi connectivity index (χ1v) is 8.12. The molecule has 10 heteroatoms. The van der Waals surface area contributed by atoms with Gasteiger partial charge in [-0.2, -0.15) is 12.7 Å². The summed E-state index contributed by atoms with van der Waals surface area (Å²) in [4.78, 5) is 14.5. The molecule has 0 N–H and O–H groups in total. The second-order valence-corrected chi connectivity index (χ2v) is 7.00. The zero-order chi connectivity index (χ0) is 17.9. The van der Waals surface area contributed by atoms with Crippen LogP contribution < -0.4 is 0 Å². The Morgan fingerprint density at radius 1 is 1.42 bits per heavy atom. The molecular formula is C14H16N4O5S. The van der Waals surface area contributed by atoms with Crippen LogP contribution >= 0.6 is 0 Å². The number of hydrogen-bond donors (Lipinski definition) is 0. The van der Waals surface area contributed by atoms with Gasteiger partial charge in [-0.25, -0.2) is 8.96 Å². The quantitative estimate of drug-likeness (QED) is 0.443. The van der Waals surface area contributed by atoms with E-state index in [0.717, 1.165) is 14.6 Å². The number of ether oxygens (including phenoxy) is 1. The van der Waals surface area contributed by atoms with Crippen LogP contribution in [0.15, 0.2) is 43.1 Å². The second kappa shape index (κ2) is 6.81. The lowest BCUT2D eigenvalue weighted by atomic mass is 10.0. The van der Waals surface area contributed by atoms with E-state index in [1.165, 1.54) is 51.9 Å². The van der Waals surface area contributed by atoms with Crippen molar-refractivity contribution in [2.45, 2.75) is 0 Å². The highest BCUT2D eigenvalue weighted by molar-refractivity contribution is 7.87. The Morgan fingerprint density at radius 3 is 2.71 bits per heavy atom. The van der Waals surface area contributed by atoms with Gasteiger partial charge >= 0.3 is 10.2 Å². The third kappa shape index (κ3) is 3.44. The van der Waals surface area contributed by atoms with E-state index >= 15 is 0 Å². The second-order valence-electron chi connectivity index (χ2n) is 4.95. The molecule has 24 heavy (non-hydrogen) atoms. The van der Waals surface area contributed by atoms with Crippen LogP contribution in [0.5, 0.6) is 0 Å². The standard InChI is InChI=1S/C14H16N4O5S/c1-16(2)24(21,22)17-8-14(15-10-17)13(9-23-3)11-5-4-6-12(7-11)18(19)20/h4-10H,1-3H3/b13-9+. The molecular weight excluding hydrogens is 336 g/mol. The van der Waals surface area contributed by atoms with Crippen molar-refractivity contribution in [2.75, 3.05) is 21.2 Å². The summed E-state index contributed by atoms with van der Waals surface area (Å²) in [6.07, 6.45) is 3.83. The van der Waals surface area contributed by atoms with Gasteiger partial charge in [0.05, 0.1) is 24.0 Å². The fraction of sp³-hybridized carbons (Fsp3) is 0.214. The van der Waals surface area contributed by atoms with Gasteiger partial charge in [0.25, 0.3) is 5.69 Å². The van der Waals surface area contributed by atoms with Crippen LogP contribution in [0.3, 0.4) is 0 Å². The van der Waals surface area contributed by atoms with E-state index in [2.05, 4.69) is 4.98 Å². The van der Waals surface area contributed by atoms with Crippen molar-refractivity contribution < 1.29 is 18.1 Å². The van der Waals surface area contributed by atoms with Crippen molar-refractivity contribution in [3.05, 3.63) is 64.4 Å². The molecule has 0 spiro atoms. The number of non-ortho nitro benzene ring substituents is 1. The molecule has 1 heterocycles. The molecule has 0 saturated carbocycles. The van der Waals surface area contributed by atoms with Crippen LogP contribution in [-0.4, -0.2) is 47.8 Å². The van der Waals surface area contributed by atoms with E-state index in [1.807, 2.05) is 0 Å². The topological polar surface area (TPSA) is 108 Å². The molecule has 2 aromatic rings. The molecule has 1 aromatic carbocycles. The van der Waals surface area contributed by atoms with Gasteiger partial charge in [-0.3, -0.25) is 10.1 Å². The number of imidazole rings is 1. The van der Waals surface area contributed by atoms with Crippen molar-refractivity contribution in [1.29, 1.82) is 0 Å². The Kier molecular flexibility index (Phi) is 5.00. The molecule has 128 valence electrons. The zero-order valence-corrected chi connectivity index (χ0v) is 14.1. The fourth-order valence-electron chi connectivity index (χ4n) is 1.94. The Hall–Kier alpha value is -2.72. The van der Waals surface area contributed by atoms with Crippen molar-refractivity contribution >= 4 is 21.5 Å². The first-order chi connectivity index (χ1) is 11.3. The molecule has 0 atom stereocenters. The Bertz CT molecular complexity index is 886. The zero-order valence-electron chi connectivity index (χ0n) is 13.3. The summed E-state index contributed by atoms with van der Waals surface area (Å²) in [5.74, 6) is 0. The summed E-state index contributed by atoms with van der Waals surface area (Å²) in [6.45, 7) is 0. The monoisotopic (exact) mass is 352 g/mol. The van der Waals surface area contributed by atoms with E-state index < -0.39 is 15.1 Å². The normalized spacial score (nSPS) is 12.4. The van der Waals surface area contributed by atoms with Crippen molar-refractivity contribution in [3.8, 4) is 0 Å². The van der Waals surface area contributed by atoms with E-state index in [-0.39, 0.29) is 5.69 Å². The van der Waals surface area contributed by atoms with Gasteiger partial charge in [-0.15, -0.1) is 0 Å². The van der Waals surface area contributed by atoms with Crippen LogP contribution in [0.2, 0.25) is 0 Å². The summed E-state index contributed by atoms with van der Waals surface area (Å²) in [5, 5.41) is 10.9. The maximum atomic E-state index is 12.1. The number of aromatic nitrogens is 2. The molecule has 2 rings (SSSR count). The third-order valence-corrected chi connectivity index (χ3v) is 4.82. The molecule has 0 aliphatic rings. The molecule has 0 fully saturated rings. The summed E-state index contributed by atoms with van der Waals surface area (Å²) >= 11 is 0. The number of hydrogen-bond acceptors (Lipinski definition) is 6.